The second kappa shape index (κ2) is 9.77. The third-order valence-electron chi connectivity index (χ3n) is 5.90. The molecule has 2 aromatic carbocycles. The molecule has 6 nitrogen and oxygen atoms in total. The first kappa shape index (κ1) is 22.5. The Hall–Kier alpha value is -3.15. The van der Waals surface area contributed by atoms with Crippen LogP contribution in [-0.2, 0) is 9.59 Å². The summed E-state index contributed by atoms with van der Waals surface area (Å²) < 4.78 is 0. The zero-order valence-electron chi connectivity index (χ0n) is 18.5. The van der Waals surface area contributed by atoms with Gasteiger partial charge in [0.2, 0.25) is 5.91 Å². The van der Waals surface area contributed by atoms with E-state index in [2.05, 4.69) is 5.32 Å². The zero-order valence-corrected chi connectivity index (χ0v) is 18.5. The normalized spacial score (nSPS) is 15.3. The fraction of sp³-hybridized carbons (Fsp3) is 0.400. The van der Waals surface area contributed by atoms with Gasteiger partial charge in [-0.2, -0.15) is 0 Å². The van der Waals surface area contributed by atoms with Crippen molar-refractivity contribution < 1.29 is 14.4 Å². The largest absolute Gasteiger partial charge is 0.333 e. The quantitative estimate of drug-likeness (QED) is 0.619. The zero-order chi connectivity index (χ0) is 22.4. The van der Waals surface area contributed by atoms with Crippen LogP contribution in [-0.4, -0.2) is 46.8 Å². The average molecular weight is 422 g/mol. The second-order valence-electron chi connectivity index (χ2n) is 8.13. The molecule has 3 rings (SSSR count). The van der Waals surface area contributed by atoms with Crippen molar-refractivity contribution in [2.75, 3.05) is 13.6 Å². The van der Waals surface area contributed by atoms with Crippen molar-refractivity contribution in [1.82, 2.24) is 15.1 Å². The minimum absolute atomic E-state index is 0.271. The van der Waals surface area contributed by atoms with Gasteiger partial charge in [0.25, 0.3) is 5.91 Å². The van der Waals surface area contributed by atoms with E-state index in [4.69, 9.17) is 0 Å². The van der Waals surface area contributed by atoms with Crippen molar-refractivity contribution in [3.05, 3.63) is 71.8 Å². The standard InChI is InChI=1S/C25H31N3O3/c1-4-16-25(17-5-2)23(30)28(24(31)26-25)18-21(29)27(3)22(19-12-8-6-9-13-19)20-14-10-7-11-15-20/h6-15,22H,4-5,16-18H2,1-3H3,(H,26,31). The Morgan fingerprint density at radius 2 is 1.42 bits per heavy atom. The molecule has 0 unspecified atom stereocenters. The van der Waals surface area contributed by atoms with E-state index in [9.17, 15) is 14.4 Å². The number of nitrogens with one attached hydrogen (secondary N) is 1. The van der Waals surface area contributed by atoms with Crippen LogP contribution in [0.1, 0.15) is 56.7 Å². The predicted octanol–water partition coefficient (Wildman–Crippen LogP) is 4.13. The third-order valence-corrected chi connectivity index (χ3v) is 5.90. The van der Waals surface area contributed by atoms with Crippen LogP contribution < -0.4 is 5.32 Å². The van der Waals surface area contributed by atoms with Crippen molar-refractivity contribution in [3.63, 3.8) is 0 Å². The van der Waals surface area contributed by atoms with E-state index in [1.807, 2.05) is 74.5 Å². The van der Waals surface area contributed by atoms with Crippen LogP contribution in [0.5, 0.6) is 0 Å². The molecule has 1 heterocycles. The van der Waals surface area contributed by atoms with Gasteiger partial charge in [-0.15, -0.1) is 0 Å². The molecule has 1 aliphatic rings. The molecule has 0 radical (unpaired) electrons. The van der Waals surface area contributed by atoms with Gasteiger partial charge in [-0.25, -0.2) is 4.79 Å². The highest BCUT2D eigenvalue weighted by Crippen LogP contribution is 2.30. The van der Waals surface area contributed by atoms with Gasteiger partial charge in [0.1, 0.15) is 12.1 Å². The highest BCUT2D eigenvalue weighted by Gasteiger charge is 2.50. The number of carbonyl (C=O) groups excluding carboxylic acids is 3. The Kier molecular flexibility index (Phi) is 7.10. The summed E-state index contributed by atoms with van der Waals surface area (Å²) in [6, 6.07) is 18.7. The van der Waals surface area contributed by atoms with Gasteiger partial charge in [-0.05, 0) is 24.0 Å². The van der Waals surface area contributed by atoms with E-state index in [0.29, 0.717) is 12.8 Å². The first-order chi connectivity index (χ1) is 14.9. The van der Waals surface area contributed by atoms with E-state index < -0.39 is 11.6 Å². The van der Waals surface area contributed by atoms with Gasteiger partial charge in [0.05, 0.1) is 6.04 Å². The lowest BCUT2D eigenvalue weighted by Crippen LogP contribution is -2.47. The first-order valence-electron chi connectivity index (χ1n) is 10.9. The maximum atomic E-state index is 13.3. The van der Waals surface area contributed by atoms with Gasteiger partial charge in [-0.3, -0.25) is 14.5 Å². The maximum absolute atomic E-state index is 13.3. The van der Waals surface area contributed by atoms with Crippen LogP contribution in [0, 0.1) is 0 Å². The van der Waals surface area contributed by atoms with Gasteiger partial charge < -0.3 is 10.2 Å². The minimum Gasteiger partial charge on any atom is -0.333 e. The minimum atomic E-state index is -0.891. The number of hydrogen-bond donors (Lipinski definition) is 1. The van der Waals surface area contributed by atoms with Crippen LogP contribution >= 0.6 is 0 Å². The number of hydrogen-bond acceptors (Lipinski definition) is 3. The molecule has 31 heavy (non-hydrogen) atoms. The number of rotatable bonds is 9. The van der Waals surface area contributed by atoms with E-state index in [1.165, 1.54) is 0 Å². The molecule has 2 aromatic rings. The SMILES string of the molecule is CCCC1(CCC)NC(=O)N(CC(=O)N(C)C(c2ccccc2)c2ccccc2)C1=O. The van der Waals surface area contributed by atoms with Crippen molar-refractivity contribution >= 4 is 17.8 Å². The summed E-state index contributed by atoms with van der Waals surface area (Å²) in [5.74, 6) is -0.580. The Balaban J connectivity index is 1.84. The van der Waals surface area contributed by atoms with E-state index >= 15 is 0 Å². The van der Waals surface area contributed by atoms with Crippen molar-refractivity contribution in [2.24, 2.45) is 0 Å². The maximum Gasteiger partial charge on any atom is 0.325 e. The fourth-order valence-corrected chi connectivity index (χ4v) is 4.44. The van der Waals surface area contributed by atoms with Gasteiger partial charge in [0.15, 0.2) is 0 Å². The molecule has 0 aromatic heterocycles. The van der Waals surface area contributed by atoms with Crippen molar-refractivity contribution in [2.45, 2.75) is 51.1 Å². The number of imide groups is 1. The molecular weight excluding hydrogens is 390 g/mol. The van der Waals surface area contributed by atoms with Crippen molar-refractivity contribution in [3.8, 4) is 0 Å². The molecule has 6 heteroatoms. The monoisotopic (exact) mass is 421 g/mol. The molecule has 0 aliphatic carbocycles. The van der Waals surface area contributed by atoms with Crippen LogP contribution in [0.25, 0.3) is 0 Å². The Bertz CT molecular complexity index is 869. The molecule has 1 aliphatic heterocycles. The third kappa shape index (κ3) is 4.63. The highest BCUT2D eigenvalue weighted by atomic mass is 16.2. The number of amides is 4. The summed E-state index contributed by atoms with van der Waals surface area (Å²) in [5.41, 5.74) is 1.04. The van der Waals surface area contributed by atoms with Crippen LogP contribution in [0.4, 0.5) is 4.79 Å². The lowest BCUT2D eigenvalue weighted by atomic mass is 9.88. The number of nitrogens with zero attached hydrogens (tertiary/aromatic N) is 2. The lowest BCUT2D eigenvalue weighted by molar-refractivity contribution is -0.139. The van der Waals surface area contributed by atoms with Crippen LogP contribution in [0.2, 0.25) is 0 Å². The smallest absolute Gasteiger partial charge is 0.325 e. The molecule has 0 bridgehead atoms. The van der Waals surface area contributed by atoms with E-state index in [0.717, 1.165) is 28.9 Å². The summed E-state index contributed by atoms with van der Waals surface area (Å²) in [6.45, 7) is 3.71. The summed E-state index contributed by atoms with van der Waals surface area (Å²) >= 11 is 0. The molecule has 0 atom stereocenters. The van der Waals surface area contributed by atoms with E-state index in [1.54, 1.807) is 11.9 Å². The van der Waals surface area contributed by atoms with Gasteiger partial charge in [-0.1, -0.05) is 87.4 Å². The van der Waals surface area contributed by atoms with E-state index in [-0.39, 0.29) is 24.4 Å². The first-order valence-corrected chi connectivity index (χ1v) is 10.9. The highest BCUT2D eigenvalue weighted by molar-refractivity contribution is 6.09. The molecular formula is C25H31N3O3. The Morgan fingerprint density at radius 3 is 1.87 bits per heavy atom. The summed E-state index contributed by atoms with van der Waals surface area (Å²) in [4.78, 5) is 41.8. The number of urea groups is 1. The summed E-state index contributed by atoms with van der Waals surface area (Å²) in [7, 11) is 1.72. The van der Waals surface area contributed by atoms with Crippen LogP contribution in [0.15, 0.2) is 60.7 Å². The topological polar surface area (TPSA) is 69.7 Å². The molecule has 164 valence electrons. The molecule has 1 fully saturated rings. The molecule has 1 N–H and O–H groups in total. The van der Waals surface area contributed by atoms with Gasteiger partial charge in [0, 0.05) is 7.05 Å². The number of likely N-dealkylation sites (N-methyl/N-ethyl adjacent to an activating group) is 1. The Labute approximate surface area is 184 Å². The second-order valence-corrected chi connectivity index (χ2v) is 8.13. The summed E-state index contributed by atoms with van der Waals surface area (Å²) in [6.07, 6.45) is 2.70. The Morgan fingerprint density at radius 1 is 0.935 bits per heavy atom. The van der Waals surface area contributed by atoms with Crippen molar-refractivity contribution in [1.29, 1.82) is 0 Å². The number of carbonyl (C=O) groups is 3. The molecule has 4 amide bonds. The molecule has 0 saturated carbocycles. The molecule has 1 saturated heterocycles. The predicted molar refractivity (Wildman–Crippen MR) is 120 cm³/mol. The average Bonchev–Trinajstić information content (AvgIpc) is 3.00. The summed E-state index contributed by atoms with van der Waals surface area (Å²) in [5, 5.41) is 2.87. The molecule has 0 spiro atoms. The van der Waals surface area contributed by atoms with Crippen LogP contribution in [0.3, 0.4) is 0 Å². The lowest BCUT2D eigenvalue weighted by Gasteiger charge is -2.30. The van der Waals surface area contributed by atoms with Gasteiger partial charge >= 0.3 is 6.03 Å². The number of benzene rings is 2. The fourth-order valence-electron chi connectivity index (χ4n) is 4.44.